The van der Waals surface area contributed by atoms with Crippen LogP contribution in [0.2, 0.25) is 0 Å². The van der Waals surface area contributed by atoms with Crippen LogP contribution in [0, 0.1) is 0 Å². The van der Waals surface area contributed by atoms with Gasteiger partial charge in [-0.2, -0.15) is 5.10 Å². The highest BCUT2D eigenvalue weighted by atomic mass is 15.1. The third kappa shape index (κ3) is 5.02. The van der Waals surface area contributed by atoms with Gasteiger partial charge in [-0.25, -0.2) is 0 Å². The minimum Gasteiger partial charge on any atom is -0.294 e. The molecule has 1 N–H and O–H groups in total. The quantitative estimate of drug-likeness (QED) is 0.690. The summed E-state index contributed by atoms with van der Waals surface area (Å²) in [6.07, 6.45) is 6.74. The second kappa shape index (κ2) is 8.28. The maximum atomic E-state index is 4.31. The summed E-state index contributed by atoms with van der Waals surface area (Å²) in [5.74, 6) is 0. The molecule has 0 radical (unpaired) electrons. The summed E-state index contributed by atoms with van der Waals surface area (Å²) in [4.78, 5) is 6.62. The lowest BCUT2D eigenvalue weighted by Crippen LogP contribution is -2.27. The molecular weight excluding hydrogens is 320 g/mol. The molecule has 4 heteroatoms. The monoisotopic (exact) mass is 348 g/mol. The Morgan fingerprint density at radius 2 is 1.65 bits per heavy atom. The zero-order valence-electron chi connectivity index (χ0n) is 15.9. The van der Waals surface area contributed by atoms with Crippen LogP contribution in [0.5, 0.6) is 0 Å². The molecule has 4 nitrogen and oxygen atoms in total. The molecule has 0 aliphatic heterocycles. The molecule has 0 fully saturated rings. The molecule has 0 amide bonds. The molecule has 0 bridgehead atoms. The molecule has 0 saturated carbocycles. The van der Waals surface area contributed by atoms with E-state index in [1.54, 1.807) is 0 Å². The summed E-state index contributed by atoms with van der Waals surface area (Å²) < 4.78 is 0. The van der Waals surface area contributed by atoms with Crippen LogP contribution in [-0.2, 0) is 24.9 Å². The van der Waals surface area contributed by atoms with Gasteiger partial charge in [0, 0.05) is 48.7 Å². The predicted octanol–water partition coefficient (Wildman–Crippen LogP) is 4.35. The van der Waals surface area contributed by atoms with Gasteiger partial charge < -0.3 is 0 Å². The van der Waals surface area contributed by atoms with E-state index >= 15 is 0 Å². The molecular formula is C22H28N4. The van der Waals surface area contributed by atoms with Gasteiger partial charge in [0.15, 0.2) is 0 Å². The van der Waals surface area contributed by atoms with Gasteiger partial charge in [0.25, 0.3) is 0 Å². The SMILES string of the molecule is CC(C)(C)c1[nH]ncc1CN(CCc1ccccc1)Cc1ccncc1. The van der Waals surface area contributed by atoms with Crippen molar-refractivity contribution in [1.82, 2.24) is 20.1 Å². The molecule has 0 saturated heterocycles. The summed E-state index contributed by atoms with van der Waals surface area (Å²) in [6, 6.07) is 14.9. The number of H-pyrrole nitrogens is 1. The zero-order valence-corrected chi connectivity index (χ0v) is 15.9. The van der Waals surface area contributed by atoms with E-state index in [4.69, 9.17) is 0 Å². The normalized spacial score (nSPS) is 11.8. The molecule has 3 aromatic rings. The maximum absolute atomic E-state index is 4.31. The molecule has 0 unspecified atom stereocenters. The molecule has 0 atom stereocenters. The number of benzene rings is 1. The zero-order chi connectivity index (χ0) is 18.4. The molecule has 136 valence electrons. The highest BCUT2D eigenvalue weighted by Gasteiger charge is 2.21. The number of hydrogen-bond donors (Lipinski definition) is 1. The Labute approximate surface area is 156 Å². The van der Waals surface area contributed by atoms with Crippen LogP contribution in [0.15, 0.2) is 61.1 Å². The molecule has 2 aromatic heterocycles. The Balaban J connectivity index is 1.75. The van der Waals surface area contributed by atoms with Crippen LogP contribution in [0.1, 0.15) is 43.2 Å². The largest absolute Gasteiger partial charge is 0.294 e. The molecule has 26 heavy (non-hydrogen) atoms. The Morgan fingerprint density at radius 3 is 2.35 bits per heavy atom. The second-order valence-electron chi connectivity index (χ2n) is 7.82. The van der Waals surface area contributed by atoms with E-state index in [9.17, 15) is 0 Å². The van der Waals surface area contributed by atoms with E-state index in [0.717, 1.165) is 26.1 Å². The lowest BCUT2D eigenvalue weighted by molar-refractivity contribution is 0.258. The Kier molecular flexibility index (Phi) is 5.84. The average Bonchev–Trinajstić information content (AvgIpc) is 3.10. The van der Waals surface area contributed by atoms with E-state index in [1.807, 2.05) is 18.6 Å². The third-order valence-corrected chi connectivity index (χ3v) is 4.58. The van der Waals surface area contributed by atoms with Gasteiger partial charge >= 0.3 is 0 Å². The van der Waals surface area contributed by atoms with Crippen molar-refractivity contribution in [3.63, 3.8) is 0 Å². The van der Waals surface area contributed by atoms with Gasteiger partial charge in [-0.3, -0.25) is 15.0 Å². The molecule has 3 rings (SSSR count). The number of aromatic nitrogens is 3. The summed E-state index contributed by atoms with van der Waals surface area (Å²) >= 11 is 0. The van der Waals surface area contributed by atoms with E-state index in [1.165, 1.54) is 22.4 Å². The fraction of sp³-hybridized carbons (Fsp3) is 0.364. The van der Waals surface area contributed by atoms with E-state index in [-0.39, 0.29) is 5.41 Å². The van der Waals surface area contributed by atoms with Gasteiger partial charge in [-0.05, 0) is 29.7 Å². The first kappa shape index (κ1) is 18.3. The van der Waals surface area contributed by atoms with Crippen LogP contribution < -0.4 is 0 Å². The van der Waals surface area contributed by atoms with Gasteiger partial charge in [0.2, 0.25) is 0 Å². The van der Waals surface area contributed by atoms with E-state index in [0.29, 0.717) is 0 Å². The molecule has 0 spiro atoms. The smallest absolute Gasteiger partial charge is 0.0535 e. The van der Waals surface area contributed by atoms with Crippen molar-refractivity contribution in [2.75, 3.05) is 6.54 Å². The Bertz CT molecular complexity index is 788. The van der Waals surface area contributed by atoms with Crippen LogP contribution in [0.25, 0.3) is 0 Å². The molecule has 2 heterocycles. The standard InChI is InChI=1S/C22H28N4/c1-22(2,3)21-20(15-24-25-21)17-26(16-19-9-12-23-13-10-19)14-11-18-7-5-4-6-8-18/h4-10,12-13,15H,11,14,16-17H2,1-3H3,(H,24,25). The van der Waals surface area contributed by atoms with Gasteiger partial charge in [0.1, 0.15) is 0 Å². The fourth-order valence-corrected chi connectivity index (χ4v) is 3.21. The fourth-order valence-electron chi connectivity index (χ4n) is 3.21. The first-order chi connectivity index (χ1) is 12.5. The number of rotatable bonds is 7. The van der Waals surface area contributed by atoms with Crippen molar-refractivity contribution in [2.24, 2.45) is 0 Å². The summed E-state index contributed by atoms with van der Waals surface area (Å²) in [5.41, 5.74) is 5.22. The molecule has 1 aromatic carbocycles. The Hall–Kier alpha value is -2.46. The average molecular weight is 348 g/mol. The van der Waals surface area contributed by atoms with Crippen molar-refractivity contribution in [1.29, 1.82) is 0 Å². The van der Waals surface area contributed by atoms with Crippen molar-refractivity contribution < 1.29 is 0 Å². The van der Waals surface area contributed by atoms with E-state index < -0.39 is 0 Å². The number of hydrogen-bond acceptors (Lipinski definition) is 3. The first-order valence-electron chi connectivity index (χ1n) is 9.20. The molecule has 0 aliphatic rings. The highest BCUT2D eigenvalue weighted by Crippen LogP contribution is 2.25. The number of nitrogens with zero attached hydrogens (tertiary/aromatic N) is 3. The second-order valence-corrected chi connectivity index (χ2v) is 7.82. The van der Waals surface area contributed by atoms with Crippen LogP contribution >= 0.6 is 0 Å². The lowest BCUT2D eigenvalue weighted by atomic mass is 9.89. The summed E-state index contributed by atoms with van der Waals surface area (Å²) in [7, 11) is 0. The third-order valence-electron chi connectivity index (χ3n) is 4.58. The van der Waals surface area contributed by atoms with Crippen molar-refractivity contribution in [3.8, 4) is 0 Å². The van der Waals surface area contributed by atoms with Crippen LogP contribution in [-0.4, -0.2) is 26.6 Å². The lowest BCUT2D eigenvalue weighted by Gasteiger charge is -2.25. The van der Waals surface area contributed by atoms with Crippen LogP contribution in [0.4, 0.5) is 0 Å². The maximum Gasteiger partial charge on any atom is 0.0535 e. The van der Waals surface area contributed by atoms with E-state index in [2.05, 4.69) is 83.3 Å². The number of nitrogens with one attached hydrogen (secondary N) is 1. The van der Waals surface area contributed by atoms with Gasteiger partial charge in [0.05, 0.1) is 6.20 Å². The minimum absolute atomic E-state index is 0.0631. The van der Waals surface area contributed by atoms with Gasteiger partial charge in [-0.1, -0.05) is 51.1 Å². The summed E-state index contributed by atoms with van der Waals surface area (Å²) in [5, 5.41) is 7.51. The minimum atomic E-state index is 0.0631. The number of aromatic amines is 1. The summed E-state index contributed by atoms with van der Waals surface area (Å²) in [6.45, 7) is 9.47. The first-order valence-corrected chi connectivity index (χ1v) is 9.20. The predicted molar refractivity (Wildman–Crippen MR) is 106 cm³/mol. The van der Waals surface area contributed by atoms with Crippen LogP contribution in [0.3, 0.4) is 0 Å². The van der Waals surface area contributed by atoms with Gasteiger partial charge in [-0.15, -0.1) is 0 Å². The number of pyridine rings is 1. The van der Waals surface area contributed by atoms with Crippen molar-refractivity contribution in [2.45, 2.75) is 45.7 Å². The topological polar surface area (TPSA) is 44.8 Å². The highest BCUT2D eigenvalue weighted by molar-refractivity contribution is 5.24. The Morgan fingerprint density at radius 1 is 0.923 bits per heavy atom. The van der Waals surface area contributed by atoms with Crippen molar-refractivity contribution in [3.05, 3.63) is 83.4 Å². The molecule has 0 aliphatic carbocycles. The van der Waals surface area contributed by atoms with Crippen molar-refractivity contribution >= 4 is 0 Å².